The minimum absolute atomic E-state index is 0.249. The molecule has 82 valence electrons. The number of amides is 1. The molecule has 0 aromatic rings. The van der Waals surface area contributed by atoms with Gasteiger partial charge < -0.3 is 5.32 Å². The van der Waals surface area contributed by atoms with Crippen LogP contribution in [0.15, 0.2) is 12.0 Å². The molecule has 0 unspecified atom stereocenters. The summed E-state index contributed by atoms with van der Waals surface area (Å²) in [6, 6.07) is 0. The Morgan fingerprint density at radius 1 is 1.50 bits per heavy atom. The van der Waals surface area contributed by atoms with Crippen molar-refractivity contribution in [3.8, 4) is 0 Å². The van der Waals surface area contributed by atoms with Gasteiger partial charge in [-0.25, -0.2) is 13.1 Å². The van der Waals surface area contributed by atoms with Crippen molar-refractivity contribution in [1.29, 1.82) is 0 Å². The standard InChI is InChI=1S/C8H16N2O3S/c1-4-14(12,13)10-6-8(11)9-5-7(2)3/h4,7,10H,1,5-6H2,2-3H3,(H,9,11). The third kappa shape index (κ3) is 6.62. The first-order valence-corrected chi connectivity index (χ1v) is 5.81. The quantitative estimate of drug-likeness (QED) is 0.652. The maximum absolute atomic E-state index is 11.0. The molecule has 0 rings (SSSR count). The molecular formula is C8H16N2O3S. The number of carbonyl (C=O) groups excluding carboxylic acids is 1. The van der Waals surface area contributed by atoms with E-state index in [1.54, 1.807) is 0 Å². The lowest BCUT2D eigenvalue weighted by Gasteiger charge is -2.07. The lowest BCUT2D eigenvalue weighted by atomic mass is 10.2. The smallest absolute Gasteiger partial charge is 0.235 e. The van der Waals surface area contributed by atoms with Crippen LogP contribution < -0.4 is 10.0 Å². The molecule has 0 heterocycles. The second kappa shape index (κ2) is 5.77. The van der Waals surface area contributed by atoms with Gasteiger partial charge in [0.15, 0.2) is 0 Å². The van der Waals surface area contributed by atoms with Crippen LogP contribution in [0.25, 0.3) is 0 Å². The molecule has 0 bridgehead atoms. The van der Waals surface area contributed by atoms with E-state index < -0.39 is 10.0 Å². The van der Waals surface area contributed by atoms with Crippen LogP contribution in [0.2, 0.25) is 0 Å². The summed E-state index contributed by atoms with van der Waals surface area (Å²) in [4.78, 5) is 11.0. The van der Waals surface area contributed by atoms with Gasteiger partial charge in [0.1, 0.15) is 0 Å². The number of sulfonamides is 1. The molecule has 0 spiro atoms. The van der Waals surface area contributed by atoms with Crippen molar-refractivity contribution in [3.05, 3.63) is 12.0 Å². The van der Waals surface area contributed by atoms with E-state index in [2.05, 4.69) is 16.6 Å². The molecule has 0 atom stereocenters. The van der Waals surface area contributed by atoms with E-state index in [-0.39, 0.29) is 12.5 Å². The number of rotatable bonds is 6. The first-order chi connectivity index (χ1) is 6.37. The molecule has 5 nitrogen and oxygen atoms in total. The number of carbonyl (C=O) groups is 1. The van der Waals surface area contributed by atoms with E-state index in [0.717, 1.165) is 5.41 Å². The minimum Gasteiger partial charge on any atom is -0.355 e. The Balaban J connectivity index is 3.81. The predicted octanol–water partition coefficient (Wildman–Crippen LogP) is -0.178. The fraction of sp³-hybridized carbons (Fsp3) is 0.625. The van der Waals surface area contributed by atoms with E-state index in [4.69, 9.17) is 0 Å². The molecule has 0 aliphatic carbocycles. The topological polar surface area (TPSA) is 75.3 Å². The van der Waals surface area contributed by atoms with Gasteiger partial charge in [0.2, 0.25) is 15.9 Å². The predicted molar refractivity (Wildman–Crippen MR) is 55.0 cm³/mol. The molecular weight excluding hydrogens is 204 g/mol. The minimum atomic E-state index is -3.50. The highest BCUT2D eigenvalue weighted by Gasteiger charge is 2.07. The van der Waals surface area contributed by atoms with Crippen LogP contribution in [0.3, 0.4) is 0 Å². The maximum Gasteiger partial charge on any atom is 0.235 e. The second-order valence-electron chi connectivity index (χ2n) is 3.23. The third-order valence-electron chi connectivity index (χ3n) is 1.36. The zero-order chi connectivity index (χ0) is 11.2. The molecule has 0 fully saturated rings. The van der Waals surface area contributed by atoms with E-state index in [1.165, 1.54) is 0 Å². The largest absolute Gasteiger partial charge is 0.355 e. The highest BCUT2D eigenvalue weighted by molar-refractivity contribution is 7.92. The maximum atomic E-state index is 11.0. The molecule has 0 aromatic heterocycles. The van der Waals surface area contributed by atoms with E-state index >= 15 is 0 Å². The second-order valence-corrected chi connectivity index (χ2v) is 4.94. The van der Waals surface area contributed by atoms with Crippen molar-refractivity contribution >= 4 is 15.9 Å². The molecule has 1 amide bonds. The summed E-state index contributed by atoms with van der Waals surface area (Å²) >= 11 is 0. The molecule has 0 aliphatic rings. The Hall–Kier alpha value is -0.880. The number of nitrogens with one attached hydrogen (secondary N) is 2. The fourth-order valence-corrected chi connectivity index (χ4v) is 1.06. The molecule has 14 heavy (non-hydrogen) atoms. The summed E-state index contributed by atoms with van der Waals surface area (Å²) in [5.74, 6) is -0.000846. The summed E-state index contributed by atoms with van der Waals surface area (Å²) in [5.41, 5.74) is 0. The van der Waals surface area contributed by atoms with E-state index in [9.17, 15) is 13.2 Å². The van der Waals surface area contributed by atoms with Gasteiger partial charge in [-0.1, -0.05) is 20.4 Å². The van der Waals surface area contributed by atoms with Gasteiger partial charge >= 0.3 is 0 Å². The summed E-state index contributed by atoms with van der Waals surface area (Å²) in [6.07, 6.45) is 0. The van der Waals surface area contributed by atoms with Crippen LogP contribution in [0.1, 0.15) is 13.8 Å². The number of hydrogen-bond acceptors (Lipinski definition) is 3. The molecule has 0 saturated carbocycles. The molecule has 0 aliphatic heterocycles. The van der Waals surface area contributed by atoms with Crippen molar-refractivity contribution in [2.24, 2.45) is 5.92 Å². The van der Waals surface area contributed by atoms with Crippen molar-refractivity contribution in [2.75, 3.05) is 13.1 Å². The van der Waals surface area contributed by atoms with Crippen molar-refractivity contribution in [2.45, 2.75) is 13.8 Å². The molecule has 0 saturated heterocycles. The van der Waals surface area contributed by atoms with Gasteiger partial charge in [-0.3, -0.25) is 4.79 Å². The Kier molecular flexibility index (Phi) is 5.40. The van der Waals surface area contributed by atoms with Gasteiger partial charge in [-0.2, -0.15) is 0 Å². The van der Waals surface area contributed by atoms with Crippen molar-refractivity contribution < 1.29 is 13.2 Å². The number of hydrogen-bond donors (Lipinski definition) is 2. The molecule has 6 heteroatoms. The van der Waals surface area contributed by atoms with E-state index in [1.807, 2.05) is 13.8 Å². The zero-order valence-electron chi connectivity index (χ0n) is 8.41. The Labute approximate surface area is 84.6 Å². The first-order valence-electron chi connectivity index (χ1n) is 4.26. The first kappa shape index (κ1) is 13.1. The van der Waals surface area contributed by atoms with Crippen LogP contribution in [0, 0.1) is 5.92 Å². The molecule has 0 radical (unpaired) electrons. The normalized spacial score (nSPS) is 11.4. The van der Waals surface area contributed by atoms with Crippen LogP contribution in [-0.2, 0) is 14.8 Å². The van der Waals surface area contributed by atoms with Gasteiger partial charge in [-0.05, 0) is 5.92 Å². The lowest BCUT2D eigenvalue weighted by Crippen LogP contribution is -2.37. The Morgan fingerprint density at radius 2 is 2.07 bits per heavy atom. The van der Waals surface area contributed by atoms with Gasteiger partial charge in [-0.15, -0.1) is 0 Å². The fourth-order valence-electron chi connectivity index (χ4n) is 0.606. The van der Waals surface area contributed by atoms with Crippen molar-refractivity contribution in [3.63, 3.8) is 0 Å². The summed E-state index contributed by atoms with van der Waals surface area (Å²) in [6.45, 7) is 7.29. The average Bonchev–Trinajstić information content (AvgIpc) is 2.11. The Morgan fingerprint density at radius 3 is 2.50 bits per heavy atom. The van der Waals surface area contributed by atoms with E-state index in [0.29, 0.717) is 12.5 Å². The Bertz CT molecular complexity index is 296. The SMILES string of the molecule is C=CS(=O)(=O)NCC(=O)NCC(C)C. The van der Waals surface area contributed by atoms with Gasteiger partial charge in [0.05, 0.1) is 6.54 Å². The summed E-state index contributed by atoms with van der Waals surface area (Å²) in [5, 5.41) is 3.35. The van der Waals surface area contributed by atoms with Gasteiger partial charge in [0.25, 0.3) is 0 Å². The summed E-state index contributed by atoms with van der Waals surface area (Å²) < 4.78 is 23.7. The zero-order valence-corrected chi connectivity index (χ0v) is 9.23. The average molecular weight is 220 g/mol. The van der Waals surface area contributed by atoms with Crippen LogP contribution in [-0.4, -0.2) is 27.4 Å². The van der Waals surface area contributed by atoms with Crippen LogP contribution in [0.5, 0.6) is 0 Å². The monoisotopic (exact) mass is 220 g/mol. The van der Waals surface area contributed by atoms with Gasteiger partial charge in [0, 0.05) is 12.0 Å². The molecule has 0 aromatic carbocycles. The highest BCUT2D eigenvalue weighted by Crippen LogP contribution is 1.87. The highest BCUT2D eigenvalue weighted by atomic mass is 32.2. The van der Waals surface area contributed by atoms with Crippen LogP contribution in [0.4, 0.5) is 0 Å². The van der Waals surface area contributed by atoms with Crippen molar-refractivity contribution in [1.82, 2.24) is 10.0 Å². The third-order valence-corrected chi connectivity index (χ3v) is 2.35. The summed E-state index contributed by atoms with van der Waals surface area (Å²) in [7, 11) is -3.50. The lowest BCUT2D eigenvalue weighted by molar-refractivity contribution is -0.120. The van der Waals surface area contributed by atoms with Crippen LogP contribution >= 0.6 is 0 Å². The molecule has 2 N–H and O–H groups in total.